The van der Waals surface area contributed by atoms with Crippen LogP contribution in [-0.2, 0) is 12.1 Å². The zero-order chi connectivity index (χ0) is 20.9. The van der Waals surface area contributed by atoms with Crippen molar-refractivity contribution in [3.63, 3.8) is 0 Å². The van der Waals surface area contributed by atoms with Crippen molar-refractivity contribution in [2.75, 3.05) is 38.5 Å². The van der Waals surface area contributed by atoms with Gasteiger partial charge in [-0.05, 0) is 52.1 Å². The number of anilines is 1. The van der Waals surface area contributed by atoms with Gasteiger partial charge in [0.1, 0.15) is 0 Å². The van der Waals surface area contributed by atoms with Gasteiger partial charge in [0, 0.05) is 55.0 Å². The molecular weight excluding hydrogens is 386 g/mol. The van der Waals surface area contributed by atoms with Crippen molar-refractivity contribution in [2.24, 2.45) is 0 Å². The van der Waals surface area contributed by atoms with Crippen LogP contribution in [0.1, 0.15) is 26.5 Å². The smallest absolute Gasteiger partial charge is 0.0965 e. The van der Waals surface area contributed by atoms with Crippen molar-refractivity contribution in [1.82, 2.24) is 30.2 Å². The van der Waals surface area contributed by atoms with E-state index in [4.69, 9.17) is 11.6 Å². The maximum absolute atomic E-state index is 6.06. The minimum atomic E-state index is -0.0368. The molecule has 0 fully saturated rings. The summed E-state index contributed by atoms with van der Waals surface area (Å²) >= 11 is 6.06. The lowest BCUT2D eigenvalue weighted by Crippen LogP contribution is -2.32. The van der Waals surface area contributed by atoms with Crippen LogP contribution in [0.4, 0.5) is 5.69 Å². The van der Waals surface area contributed by atoms with Crippen LogP contribution in [-0.4, -0.2) is 58.1 Å². The van der Waals surface area contributed by atoms with Crippen LogP contribution in [0.25, 0.3) is 10.9 Å². The number of fused-ring (bicyclic) bond motifs is 1. The van der Waals surface area contributed by atoms with Crippen LogP contribution in [0, 0.1) is 0 Å². The molecule has 8 heteroatoms. The van der Waals surface area contributed by atoms with Crippen molar-refractivity contribution < 1.29 is 0 Å². The van der Waals surface area contributed by atoms with Crippen LogP contribution in [0.15, 0.2) is 36.7 Å². The third-order valence-electron chi connectivity index (χ3n) is 4.72. The highest BCUT2D eigenvalue weighted by Crippen LogP contribution is 2.24. The molecule has 0 saturated carbocycles. The van der Waals surface area contributed by atoms with Crippen molar-refractivity contribution in [2.45, 2.75) is 32.9 Å². The number of hydrogen-bond donors (Lipinski definition) is 2. The van der Waals surface area contributed by atoms with Crippen LogP contribution in [0.2, 0.25) is 5.02 Å². The van der Waals surface area contributed by atoms with E-state index in [1.165, 1.54) is 0 Å². The van der Waals surface area contributed by atoms with Gasteiger partial charge in [0.25, 0.3) is 0 Å². The van der Waals surface area contributed by atoms with Gasteiger partial charge in [0.05, 0.1) is 22.9 Å². The van der Waals surface area contributed by atoms with Crippen LogP contribution in [0.5, 0.6) is 0 Å². The highest BCUT2D eigenvalue weighted by molar-refractivity contribution is 6.31. The van der Waals surface area contributed by atoms with Gasteiger partial charge < -0.3 is 15.5 Å². The summed E-state index contributed by atoms with van der Waals surface area (Å²) in [7, 11) is 2.13. The lowest BCUT2D eigenvalue weighted by molar-refractivity contribution is 0.343. The third kappa shape index (κ3) is 6.13. The number of nitrogens with one attached hydrogen (secondary N) is 2. The lowest BCUT2D eigenvalue weighted by Gasteiger charge is -2.18. The molecule has 0 atom stereocenters. The van der Waals surface area contributed by atoms with E-state index in [-0.39, 0.29) is 5.54 Å². The SMILES string of the molecule is CN(CCNCc1cn(C(C)(C)C)nn1)CCNc1ccnc2cc(Cl)ccc12. The van der Waals surface area contributed by atoms with Gasteiger partial charge in [0.2, 0.25) is 0 Å². The van der Waals surface area contributed by atoms with Gasteiger partial charge in [-0.1, -0.05) is 16.8 Å². The molecule has 0 aliphatic carbocycles. The Kier molecular flexibility index (Phi) is 7.05. The fourth-order valence-electron chi connectivity index (χ4n) is 2.96. The summed E-state index contributed by atoms with van der Waals surface area (Å²) < 4.78 is 1.90. The zero-order valence-corrected chi connectivity index (χ0v) is 18.4. The van der Waals surface area contributed by atoms with Gasteiger partial charge in [-0.15, -0.1) is 5.10 Å². The maximum Gasteiger partial charge on any atom is 0.0965 e. The summed E-state index contributed by atoms with van der Waals surface area (Å²) in [6.45, 7) is 10.7. The molecule has 29 heavy (non-hydrogen) atoms. The Morgan fingerprint density at radius 2 is 1.93 bits per heavy atom. The second-order valence-electron chi connectivity index (χ2n) is 8.25. The third-order valence-corrected chi connectivity index (χ3v) is 4.95. The summed E-state index contributed by atoms with van der Waals surface area (Å²) in [5, 5.41) is 17.2. The molecule has 2 aromatic heterocycles. The van der Waals surface area contributed by atoms with Gasteiger partial charge in [-0.25, -0.2) is 4.68 Å². The minimum absolute atomic E-state index is 0.0368. The number of aromatic nitrogens is 4. The van der Waals surface area contributed by atoms with Crippen LogP contribution >= 0.6 is 11.6 Å². The Morgan fingerprint density at radius 3 is 2.69 bits per heavy atom. The standard InChI is InChI=1S/C21H30ClN7/c1-21(2,3)29-15-17(26-27-29)14-23-9-11-28(4)12-10-25-19-7-8-24-20-13-16(22)5-6-18(19)20/h5-8,13,15,23H,9-12,14H2,1-4H3,(H,24,25). The molecule has 0 aliphatic heterocycles. The van der Waals surface area contributed by atoms with E-state index in [2.05, 4.69) is 58.6 Å². The fourth-order valence-corrected chi connectivity index (χ4v) is 3.13. The van der Waals surface area contributed by atoms with Crippen LogP contribution < -0.4 is 10.6 Å². The topological polar surface area (TPSA) is 70.9 Å². The fraction of sp³-hybridized carbons (Fsp3) is 0.476. The van der Waals surface area contributed by atoms with Crippen molar-refractivity contribution >= 4 is 28.2 Å². The summed E-state index contributed by atoms with van der Waals surface area (Å²) in [6.07, 6.45) is 3.82. The molecule has 0 radical (unpaired) electrons. The van der Waals surface area contributed by atoms with Gasteiger partial charge in [-0.2, -0.15) is 0 Å². The molecule has 0 saturated heterocycles. The largest absolute Gasteiger partial charge is 0.383 e. The Bertz CT molecular complexity index is 932. The quantitative estimate of drug-likeness (QED) is 0.522. The first-order chi connectivity index (χ1) is 13.8. The highest BCUT2D eigenvalue weighted by atomic mass is 35.5. The molecule has 2 N–H and O–H groups in total. The Hall–Kier alpha value is -2.22. The van der Waals surface area contributed by atoms with Crippen molar-refractivity contribution in [1.29, 1.82) is 0 Å². The van der Waals surface area contributed by atoms with E-state index >= 15 is 0 Å². The van der Waals surface area contributed by atoms with Gasteiger partial charge >= 0.3 is 0 Å². The van der Waals surface area contributed by atoms with E-state index in [0.29, 0.717) is 5.02 Å². The Labute approximate surface area is 177 Å². The summed E-state index contributed by atoms with van der Waals surface area (Å²) in [5.41, 5.74) is 2.92. The molecule has 0 amide bonds. The van der Waals surface area contributed by atoms with E-state index < -0.39 is 0 Å². The molecule has 0 spiro atoms. The Morgan fingerprint density at radius 1 is 1.14 bits per heavy atom. The van der Waals surface area contributed by atoms with E-state index in [1.807, 2.05) is 41.3 Å². The lowest BCUT2D eigenvalue weighted by atomic mass is 10.1. The molecule has 0 unspecified atom stereocenters. The number of likely N-dealkylation sites (N-methyl/N-ethyl adjacent to an activating group) is 1. The molecule has 2 heterocycles. The average Bonchev–Trinajstić information content (AvgIpc) is 3.14. The van der Waals surface area contributed by atoms with Gasteiger partial charge in [0.15, 0.2) is 0 Å². The monoisotopic (exact) mass is 415 g/mol. The average molecular weight is 416 g/mol. The maximum atomic E-state index is 6.06. The summed E-state index contributed by atoms with van der Waals surface area (Å²) in [6, 6.07) is 7.80. The van der Waals surface area contributed by atoms with Crippen molar-refractivity contribution in [3.8, 4) is 0 Å². The first-order valence-corrected chi connectivity index (χ1v) is 10.3. The molecule has 3 rings (SSSR count). The molecule has 156 valence electrons. The number of nitrogens with zero attached hydrogens (tertiary/aromatic N) is 5. The first kappa shape index (κ1) is 21.5. The van der Waals surface area contributed by atoms with E-state index in [0.717, 1.165) is 55.0 Å². The van der Waals surface area contributed by atoms with E-state index in [9.17, 15) is 0 Å². The number of rotatable bonds is 9. The second kappa shape index (κ2) is 9.52. The minimum Gasteiger partial charge on any atom is -0.383 e. The molecule has 1 aromatic carbocycles. The zero-order valence-electron chi connectivity index (χ0n) is 17.6. The van der Waals surface area contributed by atoms with Gasteiger partial charge in [-0.3, -0.25) is 4.98 Å². The predicted molar refractivity (Wildman–Crippen MR) is 119 cm³/mol. The highest BCUT2D eigenvalue weighted by Gasteiger charge is 2.14. The van der Waals surface area contributed by atoms with Crippen molar-refractivity contribution in [3.05, 3.63) is 47.4 Å². The Balaban J connectivity index is 1.37. The number of hydrogen-bond acceptors (Lipinski definition) is 6. The molecule has 3 aromatic rings. The van der Waals surface area contributed by atoms with Crippen LogP contribution in [0.3, 0.4) is 0 Å². The number of benzene rings is 1. The molecule has 0 bridgehead atoms. The number of pyridine rings is 1. The summed E-state index contributed by atoms with van der Waals surface area (Å²) in [4.78, 5) is 6.68. The van der Waals surface area contributed by atoms with E-state index in [1.54, 1.807) is 0 Å². The molecular formula is C21H30ClN7. The molecule has 7 nitrogen and oxygen atoms in total. The predicted octanol–water partition coefficient (Wildman–Crippen LogP) is 3.37. The molecule has 0 aliphatic rings. The second-order valence-corrected chi connectivity index (χ2v) is 8.69. The summed E-state index contributed by atoms with van der Waals surface area (Å²) in [5.74, 6) is 0. The number of halogens is 1. The first-order valence-electron chi connectivity index (χ1n) is 9.92. The normalized spacial score (nSPS) is 12.1.